The Morgan fingerprint density at radius 3 is 2.24 bits per heavy atom. The Morgan fingerprint density at radius 2 is 1.57 bits per heavy atom. The fourth-order valence-electron chi connectivity index (χ4n) is 2.03. The van der Waals surface area contributed by atoms with Crippen molar-refractivity contribution in [1.82, 2.24) is 5.48 Å². The van der Waals surface area contributed by atoms with Crippen molar-refractivity contribution in [3.05, 3.63) is 35.9 Å². The molecule has 0 radical (unpaired) electrons. The minimum absolute atomic E-state index is 0.350. The van der Waals surface area contributed by atoms with Crippen molar-refractivity contribution < 1.29 is 14.4 Å². The SMILES string of the molecule is CCCCCCCCCC(=O)ONC(=O)c1ccccc1. The van der Waals surface area contributed by atoms with Crippen LogP contribution in [0.1, 0.15) is 68.6 Å². The third-order valence-corrected chi connectivity index (χ3v) is 3.28. The van der Waals surface area contributed by atoms with Crippen LogP contribution in [0.3, 0.4) is 0 Å². The number of nitrogens with one attached hydrogen (secondary N) is 1. The predicted molar refractivity (Wildman–Crippen MR) is 82.6 cm³/mol. The lowest BCUT2D eigenvalue weighted by atomic mass is 10.1. The highest BCUT2D eigenvalue weighted by Gasteiger charge is 2.08. The average Bonchev–Trinajstić information content (AvgIpc) is 2.52. The van der Waals surface area contributed by atoms with Crippen LogP contribution in [0.2, 0.25) is 0 Å². The Hall–Kier alpha value is -1.84. The number of rotatable bonds is 9. The summed E-state index contributed by atoms with van der Waals surface area (Å²) in [6.45, 7) is 2.19. The smallest absolute Gasteiger partial charge is 0.332 e. The fourth-order valence-corrected chi connectivity index (χ4v) is 2.03. The second-order valence-corrected chi connectivity index (χ2v) is 5.14. The lowest BCUT2D eigenvalue weighted by molar-refractivity contribution is -0.149. The van der Waals surface area contributed by atoms with Gasteiger partial charge in [0.25, 0.3) is 5.91 Å². The van der Waals surface area contributed by atoms with Gasteiger partial charge in [-0.2, -0.15) is 5.48 Å². The van der Waals surface area contributed by atoms with Crippen LogP contribution in [0.5, 0.6) is 0 Å². The van der Waals surface area contributed by atoms with E-state index in [9.17, 15) is 9.59 Å². The summed E-state index contributed by atoms with van der Waals surface area (Å²) in [5, 5.41) is 0. The van der Waals surface area contributed by atoms with Crippen LogP contribution in [-0.2, 0) is 9.63 Å². The quantitative estimate of drug-likeness (QED) is 0.552. The van der Waals surface area contributed by atoms with E-state index in [0.29, 0.717) is 12.0 Å². The van der Waals surface area contributed by atoms with Crippen LogP contribution < -0.4 is 5.48 Å². The normalized spacial score (nSPS) is 10.1. The Bertz CT molecular complexity index is 417. The van der Waals surface area contributed by atoms with E-state index in [4.69, 9.17) is 4.84 Å². The number of benzene rings is 1. The van der Waals surface area contributed by atoms with Gasteiger partial charge in [-0.3, -0.25) is 4.79 Å². The Balaban J connectivity index is 2.05. The zero-order valence-corrected chi connectivity index (χ0v) is 12.8. The summed E-state index contributed by atoms with van der Waals surface area (Å²) in [6, 6.07) is 8.67. The number of unbranched alkanes of at least 4 members (excludes halogenated alkanes) is 6. The van der Waals surface area contributed by atoms with Crippen molar-refractivity contribution in [2.75, 3.05) is 0 Å². The van der Waals surface area contributed by atoms with Gasteiger partial charge in [-0.05, 0) is 18.6 Å². The molecule has 0 spiro atoms. The van der Waals surface area contributed by atoms with Gasteiger partial charge in [0.1, 0.15) is 0 Å². The van der Waals surface area contributed by atoms with Gasteiger partial charge in [-0.25, -0.2) is 4.79 Å². The molecule has 1 amide bonds. The Labute approximate surface area is 126 Å². The van der Waals surface area contributed by atoms with Gasteiger partial charge >= 0.3 is 5.97 Å². The average molecular weight is 291 g/mol. The van der Waals surface area contributed by atoms with Crippen molar-refractivity contribution in [2.24, 2.45) is 0 Å². The molecular weight excluding hydrogens is 266 g/mol. The molecule has 0 aliphatic carbocycles. The highest BCUT2D eigenvalue weighted by atomic mass is 16.7. The van der Waals surface area contributed by atoms with Gasteiger partial charge < -0.3 is 4.84 Å². The van der Waals surface area contributed by atoms with Crippen LogP contribution in [0.25, 0.3) is 0 Å². The molecule has 1 rings (SSSR count). The molecule has 1 aromatic carbocycles. The van der Waals surface area contributed by atoms with E-state index in [1.165, 1.54) is 25.7 Å². The zero-order valence-electron chi connectivity index (χ0n) is 12.8. The molecule has 0 saturated heterocycles. The minimum atomic E-state index is -0.400. The monoisotopic (exact) mass is 291 g/mol. The van der Waals surface area contributed by atoms with Crippen LogP contribution >= 0.6 is 0 Å². The van der Waals surface area contributed by atoms with E-state index in [-0.39, 0.29) is 5.97 Å². The maximum atomic E-state index is 11.6. The van der Waals surface area contributed by atoms with E-state index < -0.39 is 5.91 Å². The second-order valence-electron chi connectivity index (χ2n) is 5.14. The molecule has 0 heterocycles. The standard InChI is InChI=1S/C17H25NO3/c1-2-3-4-5-6-7-11-14-16(19)21-18-17(20)15-12-9-8-10-13-15/h8-10,12-13H,2-7,11,14H2,1H3,(H,18,20). The molecule has 0 aliphatic heterocycles. The lowest BCUT2D eigenvalue weighted by Crippen LogP contribution is -2.26. The van der Waals surface area contributed by atoms with Gasteiger partial charge in [-0.1, -0.05) is 63.6 Å². The van der Waals surface area contributed by atoms with E-state index in [1.807, 2.05) is 6.07 Å². The van der Waals surface area contributed by atoms with Crippen molar-refractivity contribution in [3.8, 4) is 0 Å². The second kappa shape index (κ2) is 10.9. The third-order valence-electron chi connectivity index (χ3n) is 3.28. The van der Waals surface area contributed by atoms with Crippen molar-refractivity contribution in [3.63, 3.8) is 0 Å². The van der Waals surface area contributed by atoms with Gasteiger partial charge in [0.2, 0.25) is 0 Å². The van der Waals surface area contributed by atoms with Crippen molar-refractivity contribution >= 4 is 11.9 Å². The molecule has 116 valence electrons. The first kappa shape index (κ1) is 17.2. The molecule has 0 saturated carbocycles. The summed E-state index contributed by atoms with van der Waals surface area (Å²) in [7, 11) is 0. The molecule has 4 heteroatoms. The molecule has 0 unspecified atom stereocenters. The molecule has 0 atom stereocenters. The topological polar surface area (TPSA) is 55.4 Å². The molecule has 21 heavy (non-hydrogen) atoms. The van der Waals surface area contributed by atoms with Crippen LogP contribution in [0.4, 0.5) is 0 Å². The summed E-state index contributed by atoms with van der Waals surface area (Å²) in [6.07, 6.45) is 8.38. The molecule has 0 bridgehead atoms. The largest absolute Gasteiger partial charge is 0.341 e. The number of carbonyl (C=O) groups is 2. The predicted octanol–water partition coefficient (Wildman–Crippen LogP) is 4.02. The van der Waals surface area contributed by atoms with Gasteiger partial charge in [-0.15, -0.1) is 0 Å². The summed E-state index contributed by atoms with van der Waals surface area (Å²) in [5.74, 6) is -0.781. The molecule has 0 fully saturated rings. The summed E-state index contributed by atoms with van der Waals surface area (Å²) in [5.41, 5.74) is 2.65. The van der Waals surface area contributed by atoms with Crippen LogP contribution in [0, 0.1) is 0 Å². The zero-order chi connectivity index (χ0) is 15.3. The molecule has 4 nitrogen and oxygen atoms in total. The van der Waals surface area contributed by atoms with Crippen molar-refractivity contribution in [2.45, 2.75) is 58.3 Å². The van der Waals surface area contributed by atoms with Gasteiger partial charge in [0.05, 0.1) is 0 Å². The summed E-state index contributed by atoms with van der Waals surface area (Å²) >= 11 is 0. The molecular formula is C17H25NO3. The van der Waals surface area contributed by atoms with Crippen LogP contribution in [0.15, 0.2) is 30.3 Å². The number of carbonyl (C=O) groups excluding carboxylic acids is 2. The van der Waals surface area contributed by atoms with Crippen molar-refractivity contribution in [1.29, 1.82) is 0 Å². The summed E-state index contributed by atoms with van der Waals surface area (Å²) < 4.78 is 0. The first-order chi connectivity index (χ1) is 10.2. The highest BCUT2D eigenvalue weighted by Crippen LogP contribution is 2.08. The van der Waals surface area contributed by atoms with Crippen LogP contribution in [-0.4, -0.2) is 11.9 Å². The van der Waals surface area contributed by atoms with Gasteiger partial charge in [0, 0.05) is 12.0 Å². The third kappa shape index (κ3) is 8.12. The molecule has 1 N–H and O–H groups in total. The number of hydrogen-bond donors (Lipinski definition) is 1. The van der Waals surface area contributed by atoms with E-state index >= 15 is 0 Å². The summed E-state index contributed by atoms with van der Waals surface area (Å²) in [4.78, 5) is 27.9. The van der Waals surface area contributed by atoms with E-state index in [1.54, 1.807) is 24.3 Å². The minimum Gasteiger partial charge on any atom is -0.341 e. The fraction of sp³-hybridized carbons (Fsp3) is 0.529. The first-order valence-corrected chi connectivity index (χ1v) is 7.79. The maximum absolute atomic E-state index is 11.6. The van der Waals surface area contributed by atoms with E-state index in [0.717, 1.165) is 19.3 Å². The molecule has 0 aromatic heterocycles. The first-order valence-electron chi connectivity index (χ1n) is 7.79. The maximum Gasteiger partial charge on any atom is 0.332 e. The van der Waals surface area contributed by atoms with E-state index in [2.05, 4.69) is 12.4 Å². The molecule has 1 aromatic rings. The lowest BCUT2D eigenvalue weighted by Gasteiger charge is -2.05. The number of hydrogen-bond acceptors (Lipinski definition) is 3. The Morgan fingerprint density at radius 1 is 0.952 bits per heavy atom. The number of hydroxylamine groups is 1. The highest BCUT2D eigenvalue weighted by molar-refractivity contribution is 5.94. The number of amides is 1. The molecule has 0 aliphatic rings. The Kier molecular flexibility index (Phi) is 8.93. The van der Waals surface area contributed by atoms with Gasteiger partial charge in [0.15, 0.2) is 0 Å².